The van der Waals surface area contributed by atoms with Gasteiger partial charge in [0.15, 0.2) is 11.5 Å². The van der Waals surface area contributed by atoms with Crippen molar-refractivity contribution in [3.63, 3.8) is 0 Å². The number of carbonyl (C=O) groups excluding carboxylic acids is 1. The van der Waals surface area contributed by atoms with Crippen molar-refractivity contribution in [3.05, 3.63) is 41.7 Å². The molecule has 2 heterocycles. The molecule has 0 saturated heterocycles. The Kier molecular flexibility index (Phi) is 3.49. The zero-order valence-corrected chi connectivity index (χ0v) is 11.6. The Morgan fingerprint density at radius 3 is 3.05 bits per heavy atom. The van der Waals surface area contributed by atoms with Gasteiger partial charge < -0.3 is 20.5 Å². The Hall–Kier alpha value is -2.54. The van der Waals surface area contributed by atoms with Crippen LogP contribution in [0.15, 0.2) is 30.6 Å². The third kappa shape index (κ3) is 2.82. The Morgan fingerprint density at radius 1 is 1.48 bits per heavy atom. The Balaban J connectivity index is 1.60. The van der Waals surface area contributed by atoms with Gasteiger partial charge in [0, 0.05) is 25.4 Å². The van der Waals surface area contributed by atoms with Crippen molar-refractivity contribution in [2.75, 3.05) is 6.79 Å². The van der Waals surface area contributed by atoms with E-state index in [0.717, 1.165) is 11.3 Å². The molecule has 1 aliphatic heterocycles. The molecule has 0 bridgehead atoms. The molecule has 0 spiro atoms. The minimum atomic E-state index is -0.729. The molecule has 0 fully saturated rings. The molecule has 2 aromatic rings. The van der Waals surface area contributed by atoms with Crippen molar-refractivity contribution in [1.82, 2.24) is 15.1 Å². The maximum absolute atomic E-state index is 12.0. The van der Waals surface area contributed by atoms with Crippen molar-refractivity contribution in [3.8, 4) is 11.5 Å². The Labute approximate surface area is 121 Å². The molecule has 0 radical (unpaired) electrons. The monoisotopic (exact) mass is 288 g/mol. The number of ether oxygens (including phenoxy) is 2. The molecule has 21 heavy (non-hydrogen) atoms. The van der Waals surface area contributed by atoms with E-state index in [0.29, 0.717) is 17.9 Å². The number of nitrogens with one attached hydrogen (secondary N) is 1. The molecule has 0 saturated carbocycles. The van der Waals surface area contributed by atoms with E-state index in [1.807, 2.05) is 18.2 Å². The fraction of sp³-hybridized carbons (Fsp3) is 0.286. The Bertz CT molecular complexity index is 668. The van der Waals surface area contributed by atoms with Gasteiger partial charge in [-0.2, -0.15) is 5.10 Å². The van der Waals surface area contributed by atoms with Crippen molar-refractivity contribution in [2.24, 2.45) is 12.8 Å². The molecular weight excluding hydrogens is 272 g/mol. The van der Waals surface area contributed by atoms with Crippen LogP contribution in [0, 0.1) is 0 Å². The predicted molar refractivity (Wildman–Crippen MR) is 74.5 cm³/mol. The first kappa shape index (κ1) is 13.4. The fourth-order valence-electron chi connectivity index (χ4n) is 2.10. The number of rotatable bonds is 4. The van der Waals surface area contributed by atoms with Gasteiger partial charge in [-0.15, -0.1) is 0 Å². The third-order valence-electron chi connectivity index (χ3n) is 3.27. The van der Waals surface area contributed by atoms with E-state index in [9.17, 15) is 4.79 Å². The van der Waals surface area contributed by atoms with E-state index in [1.54, 1.807) is 24.1 Å². The van der Waals surface area contributed by atoms with Crippen LogP contribution >= 0.6 is 0 Å². The van der Waals surface area contributed by atoms with Crippen LogP contribution in [0.1, 0.15) is 17.2 Å². The maximum atomic E-state index is 12.0. The minimum absolute atomic E-state index is 0.233. The number of nitrogens with two attached hydrogens (primary N) is 1. The summed E-state index contributed by atoms with van der Waals surface area (Å²) >= 11 is 0. The molecule has 1 unspecified atom stereocenters. The molecular formula is C14H16N4O3. The lowest BCUT2D eigenvalue weighted by Gasteiger charge is -2.11. The molecule has 110 valence electrons. The number of aromatic nitrogens is 2. The summed E-state index contributed by atoms with van der Waals surface area (Å²) in [6.07, 6.45) is 3.32. The molecule has 1 atom stereocenters. The van der Waals surface area contributed by atoms with Gasteiger partial charge in [0.05, 0.1) is 6.20 Å². The average molecular weight is 288 g/mol. The lowest BCUT2D eigenvalue weighted by molar-refractivity contribution is -0.122. The van der Waals surface area contributed by atoms with Crippen LogP contribution < -0.4 is 20.5 Å². The summed E-state index contributed by atoms with van der Waals surface area (Å²) in [5.74, 6) is 1.16. The van der Waals surface area contributed by atoms with Crippen LogP contribution in [0.25, 0.3) is 0 Å². The van der Waals surface area contributed by atoms with E-state index in [1.165, 1.54) is 0 Å². The van der Waals surface area contributed by atoms with Crippen LogP contribution in [0.3, 0.4) is 0 Å². The number of nitrogens with zero attached hydrogens (tertiary/aromatic N) is 2. The van der Waals surface area contributed by atoms with E-state index in [2.05, 4.69) is 10.4 Å². The lowest BCUT2D eigenvalue weighted by atomic mass is 10.1. The van der Waals surface area contributed by atoms with Crippen molar-refractivity contribution in [1.29, 1.82) is 0 Å². The van der Waals surface area contributed by atoms with E-state index in [-0.39, 0.29) is 12.7 Å². The van der Waals surface area contributed by atoms with Crippen molar-refractivity contribution < 1.29 is 14.3 Å². The number of fused-ring (bicyclic) bond motifs is 1. The average Bonchev–Trinajstić information content (AvgIpc) is 3.11. The van der Waals surface area contributed by atoms with Gasteiger partial charge in [-0.05, 0) is 17.7 Å². The first-order valence-corrected chi connectivity index (χ1v) is 6.54. The van der Waals surface area contributed by atoms with E-state index in [4.69, 9.17) is 15.2 Å². The predicted octanol–water partition coefficient (Wildman–Crippen LogP) is 0.465. The quantitative estimate of drug-likeness (QED) is 0.853. The van der Waals surface area contributed by atoms with E-state index >= 15 is 0 Å². The zero-order valence-electron chi connectivity index (χ0n) is 11.6. The second kappa shape index (κ2) is 5.45. The molecule has 0 aliphatic carbocycles. The van der Waals surface area contributed by atoms with Gasteiger partial charge in [0.1, 0.15) is 6.04 Å². The summed E-state index contributed by atoms with van der Waals surface area (Å²) in [4.78, 5) is 12.0. The maximum Gasteiger partial charge on any atom is 0.241 e. The van der Waals surface area contributed by atoms with Crippen LogP contribution in [-0.4, -0.2) is 22.5 Å². The van der Waals surface area contributed by atoms with E-state index < -0.39 is 6.04 Å². The molecule has 1 amide bonds. The molecule has 7 heteroatoms. The summed E-state index contributed by atoms with van der Waals surface area (Å²) in [6, 6.07) is 4.82. The highest BCUT2D eigenvalue weighted by molar-refractivity contribution is 5.82. The number of aryl methyl sites for hydroxylation is 1. The highest BCUT2D eigenvalue weighted by Gasteiger charge is 2.18. The number of hydrogen-bond acceptors (Lipinski definition) is 5. The normalized spacial score (nSPS) is 14.0. The summed E-state index contributed by atoms with van der Waals surface area (Å²) in [7, 11) is 1.78. The fourth-order valence-corrected chi connectivity index (χ4v) is 2.10. The van der Waals surface area contributed by atoms with Gasteiger partial charge in [0.25, 0.3) is 0 Å². The Morgan fingerprint density at radius 2 is 2.29 bits per heavy atom. The first-order valence-electron chi connectivity index (χ1n) is 6.54. The van der Waals surface area contributed by atoms with Gasteiger partial charge in [-0.25, -0.2) is 0 Å². The standard InChI is InChI=1S/C14H16N4O3/c1-18-7-10(6-17-18)13(15)14(19)16-5-9-2-3-11-12(4-9)21-8-20-11/h2-4,6-7,13H,5,8,15H2,1H3,(H,16,19). The highest BCUT2D eigenvalue weighted by Crippen LogP contribution is 2.32. The highest BCUT2D eigenvalue weighted by atomic mass is 16.7. The smallest absolute Gasteiger partial charge is 0.241 e. The second-order valence-corrected chi connectivity index (χ2v) is 4.83. The van der Waals surface area contributed by atoms with Gasteiger partial charge >= 0.3 is 0 Å². The third-order valence-corrected chi connectivity index (χ3v) is 3.27. The van der Waals surface area contributed by atoms with Crippen LogP contribution in [-0.2, 0) is 18.4 Å². The van der Waals surface area contributed by atoms with Crippen molar-refractivity contribution in [2.45, 2.75) is 12.6 Å². The summed E-state index contributed by atoms with van der Waals surface area (Å²) in [5.41, 5.74) is 7.50. The van der Waals surface area contributed by atoms with Gasteiger partial charge in [0.2, 0.25) is 12.7 Å². The van der Waals surface area contributed by atoms with Crippen LogP contribution in [0.2, 0.25) is 0 Å². The number of carbonyl (C=O) groups is 1. The van der Waals surface area contributed by atoms with Gasteiger partial charge in [-0.1, -0.05) is 6.07 Å². The topological polar surface area (TPSA) is 91.4 Å². The first-order chi connectivity index (χ1) is 10.1. The molecule has 1 aliphatic rings. The zero-order chi connectivity index (χ0) is 14.8. The lowest BCUT2D eigenvalue weighted by Crippen LogP contribution is -2.33. The summed E-state index contributed by atoms with van der Waals surface area (Å²) < 4.78 is 12.1. The van der Waals surface area contributed by atoms with Gasteiger partial charge in [-0.3, -0.25) is 9.48 Å². The number of hydrogen-bond donors (Lipinski definition) is 2. The second-order valence-electron chi connectivity index (χ2n) is 4.83. The van der Waals surface area contributed by atoms with Crippen molar-refractivity contribution >= 4 is 5.91 Å². The van der Waals surface area contributed by atoms with Crippen LogP contribution in [0.5, 0.6) is 11.5 Å². The largest absolute Gasteiger partial charge is 0.454 e. The number of amides is 1. The van der Waals surface area contributed by atoms with Crippen LogP contribution in [0.4, 0.5) is 0 Å². The SMILES string of the molecule is Cn1cc(C(N)C(=O)NCc2ccc3c(c2)OCO3)cn1. The molecule has 1 aromatic carbocycles. The molecule has 1 aromatic heterocycles. The molecule has 3 rings (SSSR count). The molecule has 7 nitrogen and oxygen atoms in total. The minimum Gasteiger partial charge on any atom is -0.454 e. The molecule has 3 N–H and O–H groups in total. The number of benzene rings is 1. The summed E-state index contributed by atoms with van der Waals surface area (Å²) in [5, 5.41) is 6.80. The summed E-state index contributed by atoms with van der Waals surface area (Å²) in [6.45, 7) is 0.612.